The molecule has 0 bridgehead atoms. The number of hydroxylamine groups is 2. The number of benzene rings is 1. The average molecular weight is 431 g/mol. The number of nitrogens with zero attached hydrogens (tertiary/aromatic N) is 2. The molecule has 1 saturated heterocycles. The number of hydrogen-bond acceptors (Lipinski definition) is 5. The molecule has 7 nitrogen and oxygen atoms in total. The predicted octanol–water partition coefficient (Wildman–Crippen LogP) is 0.678. The van der Waals surface area contributed by atoms with Crippen molar-refractivity contribution in [3.8, 4) is 0 Å². The molecule has 1 aliphatic heterocycles. The van der Waals surface area contributed by atoms with Gasteiger partial charge < -0.3 is 15.4 Å². The molecule has 0 amide bonds. The summed E-state index contributed by atoms with van der Waals surface area (Å²) in [4.78, 5) is 29.0. The van der Waals surface area contributed by atoms with Gasteiger partial charge in [-0.25, -0.2) is 4.98 Å². The molecule has 0 radical (unpaired) electrons. The Hall–Kier alpha value is -1.32. The number of carbonyl (C=O) groups excluding carboxylic acids is 1. The van der Waals surface area contributed by atoms with Crippen LogP contribution in [0.1, 0.15) is 19.3 Å². The topological polar surface area (TPSA) is 99.7 Å². The number of aliphatic hydroxyl groups is 1. The van der Waals surface area contributed by atoms with E-state index in [1.807, 2.05) is 0 Å². The van der Waals surface area contributed by atoms with Crippen molar-refractivity contribution in [1.29, 1.82) is 0 Å². The van der Waals surface area contributed by atoms with Crippen molar-refractivity contribution >= 4 is 44.2 Å². The van der Waals surface area contributed by atoms with Gasteiger partial charge in [-0.2, -0.15) is 0 Å². The van der Waals surface area contributed by atoms with Gasteiger partial charge in [0.05, 0.1) is 41.8 Å². The van der Waals surface area contributed by atoms with Gasteiger partial charge in [-0.3, -0.25) is 14.2 Å². The van der Waals surface area contributed by atoms with Crippen LogP contribution in [0.4, 0.5) is 0 Å². The van der Waals surface area contributed by atoms with Gasteiger partial charge in [-0.15, -0.1) is 0 Å². The molecule has 3 atom stereocenters. The van der Waals surface area contributed by atoms with Gasteiger partial charge in [0, 0.05) is 4.47 Å². The van der Waals surface area contributed by atoms with E-state index in [-0.39, 0.29) is 29.4 Å². The fourth-order valence-electron chi connectivity index (χ4n) is 3.10. The van der Waals surface area contributed by atoms with Crippen molar-refractivity contribution in [2.75, 3.05) is 6.54 Å². The Bertz CT molecular complexity index is 862. The summed E-state index contributed by atoms with van der Waals surface area (Å²) >= 11 is 9.30. The van der Waals surface area contributed by atoms with Crippen LogP contribution in [-0.2, 0) is 11.3 Å². The zero-order valence-electron chi connectivity index (χ0n) is 13.2. The molecule has 2 aromatic rings. The molecule has 1 aromatic heterocycles. The molecule has 134 valence electrons. The highest BCUT2D eigenvalue weighted by Crippen LogP contribution is 2.25. The minimum absolute atomic E-state index is 0.0639. The van der Waals surface area contributed by atoms with Crippen molar-refractivity contribution in [3.05, 3.63) is 43.5 Å². The number of aromatic nitrogens is 2. The lowest BCUT2D eigenvalue weighted by Crippen LogP contribution is -3.14. The van der Waals surface area contributed by atoms with Gasteiger partial charge in [0.25, 0.3) is 5.56 Å². The molecular weight excluding hydrogens is 414 g/mol. The lowest BCUT2D eigenvalue weighted by molar-refractivity contribution is -0.885. The van der Waals surface area contributed by atoms with Gasteiger partial charge in [0.15, 0.2) is 5.78 Å². The Kier molecular flexibility index (Phi) is 5.55. The maximum Gasteiger partial charge on any atom is 0.261 e. The summed E-state index contributed by atoms with van der Waals surface area (Å²) in [5.41, 5.74) is 0.103. The number of aliphatic hydroxyl groups excluding tert-OH is 1. The highest BCUT2D eigenvalue weighted by atomic mass is 79.9. The highest BCUT2D eigenvalue weighted by molar-refractivity contribution is 9.10. The molecular formula is C16H17BrClN3O4. The van der Waals surface area contributed by atoms with E-state index in [0.29, 0.717) is 39.8 Å². The van der Waals surface area contributed by atoms with Crippen molar-refractivity contribution < 1.29 is 15.0 Å². The summed E-state index contributed by atoms with van der Waals surface area (Å²) < 4.78 is 1.83. The van der Waals surface area contributed by atoms with E-state index in [4.69, 9.17) is 11.6 Å². The first kappa shape index (κ1) is 18.5. The molecule has 0 aliphatic carbocycles. The molecule has 1 aromatic carbocycles. The first-order valence-electron chi connectivity index (χ1n) is 7.93. The van der Waals surface area contributed by atoms with E-state index in [2.05, 4.69) is 20.9 Å². The standard InChI is InChI=1S/C16H17BrClN3O4/c17-11-6-13-10(5-12(11)18)16(24)20(8-19-13)7-9(22)4-14-15(23)2-1-3-21(14)25/h5-6,8,14-15,21,23H,1-4,7H2/t14-,15+/m1/s1. The van der Waals surface area contributed by atoms with Crippen molar-refractivity contribution in [1.82, 2.24) is 9.55 Å². The van der Waals surface area contributed by atoms with E-state index in [0.717, 1.165) is 0 Å². The number of rotatable bonds is 4. The van der Waals surface area contributed by atoms with E-state index in [1.165, 1.54) is 17.0 Å². The monoisotopic (exact) mass is 429 g/mol. The van der Waals surface area contributed by atoms with E-state index >= 15 is 0 Å². The number of carbonyl (C=O) groups is 1. The summed E-state index contributed by atoms with van der Waals surface area (Å²) in [6.07, 6.45) is 1.63. The number of Topliss-reactive ketones (excluding diaryl/α,β-unsaturated/α-hetero) is 1. The van der Waals surface area contributed by atoms with Crippen LogP contribution in [-0.4, -0.2) is 39.1 Å². The van der Waals surface area contributed by atoms with Crippen LogP contribution in [0.3, 0.4) is 0 Å². The second-order valence-corrected chi connectivity index (χ2v) is 7.50. The molecule has 3 rings (SSSR count). The number of ketones is 1. The molecule has 1 aliphatic rings. The second-order valence-electron chi connectivity index (χ2n) is 6.24. The van der Waals surface area contributed by atoms with Gasteiger partial charge in [0.2, 0.25) is 0 Å². The Balaban J connectivity index is 1.80. The van der Waals surface area contributed by atoms with Crippen molar-refractivity contribution in [2.45, 2.75) is 38.0 Å². The van der Waals surface area contributed by atoms with Crippen molar-refractivity contribution in [3.63, 3.8) is 0 Å². The Morgan fingerprint density at radius 3 is 3.00 bits per heavy atom. The van der Waals surface area contributed by atoms with Gasteiger partial charge in [-0.05, 0) is 40.9 Å². The first-order valence-corrected chi connectivity index (χ1v) is 9.10. The summed E-state index contributed by atoms with van der Waals surface area (Å²) in [6.45, 7) is 0.200. The quantitative estimate of drug-likeness (QED) is 0.695. The zero-order chi connectivity index (χ0) is 18.1. The van der Waals surface area contributed by atoms with Crippen molar-refractivity contribution in [2.24, 2.45) is 0 Å². The maximum atomic E-state index is 12.5. The third-order valence-electron chi connectivity index (χ3n) is 4.46. The second kappa shape index (κ2) is 7.51. The number of fused-ring (bicyclic) bond motifs is 1. The number of hydrogen-bond donors (Lipinski definition) is 2. The predicted molar refractivity (Wildman–Crippen MR) is 96.6 cm³/mol. The number of halogens is 2. The first-order chi connectivity index (χ1) is 11.9. The summed E-state index contributed by atoms with van der Waals surface area (Å²) in [5, 5.41) is 22.4. The third kappa shape index (κ3) is 3.93. The Morgan fingerprint density at radius 1 is 1.52 bits per heavy atom. The fraction of sp³-hybridized carbons (Fsp3) is 0.438. The molecule has 2 N–H and O–H groups in total. The van der Waals surface area contributed by atoms with Crippen LogP contribution < -0.4 is 10.6 Å². The molecule has 0 spiro atoms. The van der Waals surface area contributed by atoms with E-state index in [1.54, 1.807) is 6.07 Å². The van der Waals surface area contributed by atoms with Gasteiger partial charge in [0.1, 0.15) is 12.1 Å². The normalized spacial score (nSPS) is 23.8. The number of quaternary nitrogens is 1. The molecule has 9 heteroatoms. The third-order valence-corrected chi connectivity index (χ3v) is 5.66. The average Bonchev–Trinajstić information content (AvgIpc) is 2.56. The van der Waals surface area contributed by atoms with Crippen LogP contribution >= 0.6 is 27.5 Å². The van der Waals surface area contributed by atoms with E-state index < -0.39 is 12.1 Å². The SMILES string of the molecule is O=C(C[C@@H]1[C@@H](O)CCC[NH+]1[O-])Cn1cnc2cc(Br)c(Cl)cc2c1=O. The highest BCUT2D eigenvalue weighted by Gasteiger charge is 2.31. The van der Waals surface area contributed by atoms with Crippen LogP contribution in [0.2, 0.25) is 5.02 Å². The van der Waals surface area contributed by atoms with Gasteiger partial charge >= 0.3 is 0 Å². The maximum absolute atomic E-state index is 12.5. The molecule has 1 unspecified atom stereocenters. The van der Waals surface area contributed by atoms with Crippen LogP contribution in [0.5, 0.6) is 0 Å². The fourth-order valence-corrected chi connectivity index (χ4v) is 3.60. The van der Waals surface area contributed by atoms with Crippen LogP contribution in [0.25, 0.3) is 10.9 Å². The largest absolute Gasteiger partial charge is 0.634 e. The lowest BCUT2D eigenvalue weighted by Gasteiger charge is -2.38. The van der Waals surface area contributed by atoms with E-state index in [9.17, 15) is 19.9 Å². The molecule has 0 saturated carbocycles. The zero-order valence-corrected chi connectivity index (χ0v) is 15.6. The summed E-state index contributed by atoms with van der Waals surface area (Å²) in [6, 6.07) is 2.48. The summed E-state index contributed by atoms with van der Waals surface area (Å²) in [5.74, 6) is -0.286. The molecule has 2 heterocycles. The van der Waals surface area contributed by atoms with Crippen LogP contribution in [0, 0.1) is 5.21 Å². The minimum Gasteiger partial charge on any atom is -0.634 e. The Labute approximate surface area is 156 Å². The summed E-state index contributed by atoms with van der Waals surface area (Å²) in [7, 11) is 0. The smallest absolute Gasteiger partial charge is 0.261 e. The Morgan fingerprint density at radius 2 is 2.28 bits per heavy atom. The number of nitrogens with one attached hydrogen (secondary N) is 1. The molecule has 25 heavy (non-hydrogen) atoms. The lowest BCUT2D eigenvalue weighted by atomic mass is 9.96. The minimum atomic E-state index is -0.784. The van der Waals surface area contributed by atoms with Gasteiger partial charge in [-0.1, -0.05) is 11.6 Å². The molecule has 1 fully saturated rings. The van der Waals surface area contributed by atoms with Crippen LogP contribution in [0.15, 0.2) is 27.7 Å². The number of piperidine rings is 1.